The summed E-state index contributed by atoms with van der Waals surface area (Å²) in [6.07, 6.45) is 1.54. The Labute approximate surface area is 171 Å². The summed E-state index contributed by atoms with van der Waals surface area (Å²) in [7, 11) is 1.64. The lowest BCUT2D eigenvalue weighted by atomic mass is 10.1. The molecule has 1 amide bonds. The minimum absolute atomic E-state index is 0.0256. The Hall–Kier alpha value is -2.39. The number of fused-ring (bicyclic) bond motifs is 1. The van der Waals surface area contributed by atoms with Gasteiger partial charge in [-0.25, -0.2) is 4.98 Å². The van der Waals surface area contributed by atoms with Gasteiger partial charge in [0, 0.05) is 18.4 Å². The van der Waals surface area contributed by atoms with E-state index in [1.54, 1.807) is 7.11 Å². The van der Waals surface area contributed by atoms with E-state index in [4.69, 9.17) is 4.74 Å². The standard InChI is InChI=1S/C19H22N4O3S2/c1-3-17-22-23-18(25)10-14(21-19(23)28-17)11-27-12-16(24)20-9-8-13-4-6-15(26-2)7-5-13/h4-7,10H,3,8-9,11-12H2,1-2H3,(H,20,24). The Morgan fingerprint density at radius 1 is 1.32 bits per heavy atom. The van der Waals surface area contributed by atoms with Gasteiger partial charge in [-0.3, -0.25) is 9.59 Å². The van der Waals surface area contributed by atoms with Gasteiger partial charge in [-0.05, 0) is 30.5 Å². The molecule has 2 heterocycles. The molecule has 0 bridgehead atoms. The zero-order valence-corrected chi connectivity index (χ0v) is 17.4. The number of carbonyl (C=O) groups is 1. The molecule has 0 aliphatic rings. The number of aryl methyl sites for hydroxylation is 1. The van der Waals surface area contributed by atoms with E-state index in [0.29, 0.717) is 28.7 Å². The van der Waals surface area contributed by atoms with Crippen molar-refractivity contribution in [1.29, 1.82) is 0 Å². The molecule has 1 aromatic carbocycles. The van der Waals surface area contributed by atoms with Crippen LogP contribution in [0, 0.1) is 0 Å². The molecule has 7 nitrogen and oxygen atoms in total. The number of thioether (sulfide) groups is 1. The van der Waals surface area contributed by atoms with Crippen LogP contribution < -0.4 is 15.6 Å². The van der Waals surface area contributed by atoms with Gasteiger partial charge < -0.3 is 10.1 Å². The third kappa shape index (κ3) is 5.32. The van der Waals surface area contributed by atoms with Crippen LogP contribution in [0.15, 0.2) is 35.1 Å². The van der Waals surface area contributed by atoms with Crippen LogP contribution >= 0.6 is 23.1 Å². The first-order valence-corrected chi connectivity index (χ1v) is 10.9. The molecule has 0 saturated carbocycles. The summed E-state index contributed by atoms with van der Waals surface area (Å²) in [6, 6.07) is 9.28. The number of hydrogen-bond acceptors (Lipinski definition) is 7. The molecule has 0 aliphatic carbocycles. The topological polar surface area (TPSA) is 85.6 Å². The van der Waals surface area contributed by atoms with Crippen molar-refractivity contribution in [2.45, 2.75) is 25.5 Å². The van der Waals surface area contributed by atoms with Crippen LogP contribution in [-0.4, -0.2) is 39.9 Å². The number of carbonyl (C=O) groups excluding carboxylic acids is 1. The molecule has 0 unspecified atom stereocenters. The molecule has 0 fully saturated rings. The molecule has 3 rings (SSSR count). The van der Waals surface area contributed by atoms with E-state index in [-0.39, 0.29) is 11.5 Å². The minimum atomic E-state index is -0.180. The molecule has 0 radical (unpaired) electrons. The second-order valence-corrected chi connectivity index (χ2v) is 8.10. The molecule has 0 atom stereocenters. The van der Waals surface area contributed by atoms with Crippen LogP contribution in [0.5, 0.6) is 5.75 Å². The zero-order valence-electron chi connectivity index (χ0n) is 15.8. The third-order valence-corrected chi connectivity index (χ3v) is 6.04. The molecule has 2 aromatic heterocycles. The Bertz CT molecular complexity index is 999. The first-order chi connectivity index (χ1) is 13.6. The number of hydrogen-bond donors (Lipinski definition) is 1. The van der Waals surface area contributed by atoms with Gasteiger partial charge >= 0.3 is 0 Å². The smallest absolute Gasteiger partial charge is 0.275 e. The average molecular weight is 419 g/mol. The maximum absolute atomic E-state index is 12.1. The van der Waals surface area contributed by atoms with Gasteiger partial charge in [-0.1, -0.05) is 30.4 Å². The van der Waals surface area contributed by atoms with Crippen molar-refractivity contribution in [2.75, 3.05) is 19.4 Å². The van der Waals surface area contributed by atoms with E-state index in [2.05, 4.69) is 15.4 Å². The van der Waals surface area contributed by atoms with E-state index in [9.17, 15) is 9.59 Å². The summed E-state index contributed by atoms with van der Waals surface area (Å²) in [5.74, 6) is 1.63. The molecule has 0 saturated heterocycles. The lowest BCUT2D eigenvalue weighted by molar-refractivity contribution is -0.118. The Morgan fingerprint density at radius 3 is 2.82 bits per heavy atom. The summed E-state index contributed by atoms with van der Waals surface area (Å²) >= 11 is 2.86. The van der Waals surface area contributed by atoms with Crippen LogP contribution in [0.25, 0.3) is 4.96 Å². The van der Waals surface area contributed by atoms with Crippen molar-refractivity contribution < 1.29 is 9.53 Å². The highest BCUT2D eigenvalue weighted by Crippen LogP contribution is 2.15. The summed E-state index contributed by atoms with van der Waals surface area (Å²) in [6.45, 7) is 2.57. The second-order valence-electron chi connectivity index (χ2n) is 6.07. The normalized spacial score (nSPS) is 10.9. The molecule has 1 N–H and O–H groups in total. The van der Waals surface area contributed by atoms with Crippen molar-refractivity contribution in [2.24, 2.45) is 0 Å². The Morgan fingerprint density at radius 2 is 2.11 bits per heavy atom. The number of methoxy groups -OCH3 is 1. The summed E-state index contributed by atoms with van der Waals surface area (Å²) in [5, 5.41) is 8.02. The van der Waals surface area contributed by atoms with Gasteiger partial charge in [0.25, 0.3) is 5.56 Å². The van der Waals surface area contributed by atoms with Crippen LogP contribution in [0.3, 0.4) is 0 Å². The largest absolute Gasteiger partial charge is 0.497 e. The number of nitrogens with zero attached hydrogens (tertiary/aromatic N) is 3. The van der Waals surface area contributed by atoms with Gasteiger partial charge in [0.2, 0.25) is 10.9 Å². The van der Waals surface area contributed by atoms with Crippen LogP contribution in [0.1, 0.15) is 23.2 Å². The van der Waals surface area contributed by atoms with Gasteiger partial charge in [0.15, 0.2) is 0 Å². The van der Waals surface area contributed by atoms with E-state index in [1.165, 1.54) is 33.7 Å². The first-order valence-electron chi connectivity index (χ1n) is 8.95. The Kier molecular flexibility index (Phi) is 7.05. The lowest BCUT2D eigenvalue weighted by Crippen LogP contribution is -2.27. The van der Waals surface area contributed by atoms with Crippen LogP contribution in [0.4, 0.5) is 0 Å². The molecular weight excluding hydrogens is 396 g/mol. The number of rotatable bonds is 9. The molecule has 148 valence electrons. The van der Waals surface area contributed by atoms with E-state index in [0.717, 1.165) is 29.2 Å². The van der Waals surface area contributed by atoms with E-state index >= 15 is 0 Å². The van der Waals surface area contributed by atoms with Gasteiger partial charge in [0.05, 0.1) is 18.6 Å². The predicted molar refractivity (Wildman–Crippen MR) is 112 cm³/mol. The zero-order chi connectivity index (χ0) is 19.9. The van der Waals surface area contributed by atoms with Crippen molar-refractivity contribution in [3.63, 3.8) is 0 Å². The number of ether oxygens (including phenoxy) is 1. The highest BCUT2D eigenvalue weighted by molar-refractivity contribution is 7.99. The SMILES string of the molecule is CCc1nn2c(=O)cc(CSCC(=O)NCCc3ccc(OC)cc3)nc2s1. The van der Waals surface area contributed by atoms with Gasteiger partial charge in [0.1, 0.15) is 10.8 Å². The maximum atomic E-state index is 12.1. The highest BCUT2D eigenvalue weighted by atomic mass is 32.2. The number of benzene rings is 1. The third-order valence-electron chi connectivity index (χ3n) is 4.02. The van der Waals surface area contributed by atoms with E-state index < -0.39 is 0 Å². The molecular formula is C19H22N4O3S2. The van der Waals surface area contributed by atoms with Gasteiger partial charge in [-0.2, -0.15) is 9.61 Å². The molecule has 0 aliphatic heterocycles. The molecule has 28 heavy (non-hydrogen) atoms. The first kappa shape index (κ1) is 20.3. The average Bonchev–Trinajstić information content (AvgIpc) is 3.12. The Balaban J connectivity index is 1.43. The van der Waals surface area contributed by atoms with Crippen LogP contribution in [-0.2, 0) is 23.4 Å². The molecule has 9 heteroatoms. The summed E-state index contributed by atoms with van der Waals surface area (Å²) in [5.41, 5.74) is 1.63. The lowest BCUT2D eigenvalue weighted by Gasteiger charge is -2.06. The quantitative estimate of drug-likeness (QED) is 0.574. The second kappa shape index (κ2) is 9.70. The minimum Gasteiger partial charge on any atom is -0.497 e. The van der Waals surface area contributed by atoms with Gasteiger partial charge in [-0.15, -0.1) is 11.8 Å². The monoisotopic (exact) mass is 418 g/mol. The fourth-order valence-corrected chi connectivity index (χ4v) is 4.15. The van der Waals surface area contributed by atoms with Crippen molar-refractivity contribution >= 4 is 34.0 Å². The summed E-state index contributed by atoms with van der Waals surface area (Å²) < 4.78 is 6.47. The van der Waals surface area contributed by atoms with E-state index in [1.807, 2.05) is 31.2 Å². The van der Waals surface area contributed by atoms with Crippen molar-refractivity contribution in [3.8, 4) is 5.75 Å². The molecule has 3 aromatic rings. The van der Waals surface area contributed by atoms with Crippen LogP contribution in [0.2, 0.25) is 0 Å². The predicted octanol–water partition coefficient (Wildman–Crippen LogP) is 2.31. The van der Waals surface area contributed by atoms with Crippen molar-refractivity contribution in [1.82, 2.24) is 19.9 Å². The fraction of sp³-hybridized carbons (Fsp3) is 0.368. The fourth-order valence-electron chi connectivity index (χ4n) is 2.55. The number of amides is 1. The summed E-state index contributed by atoms with van der Waals surface area (Å²) in [4.78, 5) is 29.2. The maximum Gasteiger partial charge on any atom is 0.275 e. The highest BCUT2D eigenvalue weighted by Gasteiger charge is 2.09. The molecule has 0 spiro atoms. The number of aromatic nitrogens is 3. The van der Waals surface area contributed by atoms with Crippen molar-refractivity contribution in [3.05, 3.63) is 57.0 Å². The number of nitrogens with one attached hydrogen (secondary N) is 1.